The Hall–Kier alpha value is -0.690. The number of hydrogen-bond acceptors (Lipinski definition) is 4. The van der Waals surface area contributed by atoms with Crippen molar-refractivity contribution in [2.24, 2.45) is 5.73 Å². The molecular weight excluding hydrogens is 324 g/mol. The van der Waals surface area contributed by atoms with Crippen molar-refractivity contribution in [3.63, 3.8) is 0 Å². The highest BCUT2D eigenvalue weighted by molar-refractivity contribution is 9.10. The zero-order valence-electron chi connectivity index (χ0n) is 11.4. The number of thiophene rings is 1. The summed E-state index contributed by atoms with van der Waals surface area (Å²) in [5.41, 5.74) is 9.88. The van der Waals surface area contributed by atoms with E-state index in [2.05, 4.69) is 57.7 Å². The second-order valence-electron chi connectivity index (χ2n) is 4.89. The van der Waals surface area contributed by atoms with Crippen molar-refractivity contribution in [2.45, 2.75) is 19.5 Å². The molecule has 2 aromatic heterocycles. The largest absolute Gasteiger partial charge is 0.319 e. The Labute approximate surface area is 126 Å². The highest BCUT2D eigenvalue weighted by atomic mass is 79.9. The molecule has 0 bridgehead atoms. The van der Waals surface area contributed by atoms with Gasteiger partial charge >= 0.3 is 0 Å². The van der Waals surface area contributed by atoms with Crippen LogP contribution < -0.4 is 5.73 Å². The predicted octanol–water partition coefficient (Wildman–Crippen LogP) is 2.63. The van der Waals surface area contributed by atoms with Gasteiger partial charge in [-0.15, -0.1) is 0 Å². The molecule has 0 aliphatic heterocycles. The minimum Gasteiger partial charge on any atom is -0.319 e. The van der Waals surface area contributed by atoms with Gasteiger partial charge in [-0.05, 0) is 58.8 Å². The van der Waals surface area contributed by atoms with Crippen molar-refractivity contribution in [1.82, 2.24) is 14.7 Å². The molecule has 0 fully saturated rings. The Bertz CT molecular complexity index is 547. The lowest BCUT2D eigenvalue weighted by Gasteiger charge is -2.17. The van der Waals surface area contributed by atoms with Gasteiger partial charge < -0.3 is 10.6 Å². The predicted molar refractivity (Wildman–Crippen MR) is 83.6 cm³/mol. The molecule has 1 atom stereocenters. The SMILES string of the molecule is Cc1cscc1C(N)c1c(Br)cnn1CCN(C)C. The summed E-state index contributed by atoms with van der Waals surface area (Å²) < 4.78 is 2.97. The van der Waals surface area contributed by atoms with E-state index in [-0.39, 0.29) is 6.04 Å². The third-order valence-corrected chi connectivity index (χ3v) is 4.61. The zero-order valence-corrected chi connectivity index (χ0v) is 13.8. The van der Waals surface area contributed by atoms with E-state index in [1.807, 2.05) is 10.9 Å². The highest BCUT2D eigenvalue weighted by Gasteiger charge is 2.20. The lowest BCUT2D eigenvalue weighted by atomic mass is 10.0. The maximum Gasteiger partial charge on any atom is 0.0745 e. The summed E-state index contributed by atoms with van der Waals surface area (Å²) >= 11 is 5.25. The van der Waals surface area contributed by atoms with Gasteiger partial charge in [0, 0.05) is 6.54 Å². The highest BCUT2D eigenvalue weighted by Crippen LogP contribution is 2.30. The van der Waals surface area contributed by atoms with Gasteiger partial charge in [0.2, 0.25) is 0 Å². The molecule has 0 aliphatic carbocycles. The van der Waals surface area contributed by atoms with Crippen LogP contribution >= 0.6 is 27.3 Å². The van der Waals surface area contributed by atoms with Crippen molar-refractivity contribution in [3.05, 3.63) is 38.3 Å². The van der Waals surface area contributed by atoms with Crippen LogP contribution in [0.5, 0.6) is 0 Å². The fourth-order valence-electron chi connectivity index (χ4n) is 1.99. The molecule has 0 spiro atoms. The molecule has 0 aromatic carbocycles. The molecule has 0 aliphatic rings. The summed E-state index contributed by atoms with van der Waals surface area (Å²) in [6.07, 6.45) is 1.83. The fourth-order valence-corrected chi connectivity index (χ4v) is 3.42. The van der Waals surface area contributed by atoms with Crippen molar-refractivity contribution >= 4 is 27.3 Å². The van der Waals surface area contributed by atoms with Gasteiger partial charge in [-0.2, -0.15) is 16.4 Å². The first-order valence-electron chi connectivity index (χ1n) is 6.15. The Morgan fingerprint density at radius 2 is 2.21 bits per heavy atom. The first-order chi connectivity index (χ1) is 9.00. The monoisotopic (exact) mass is 342 g/mol. The minimum atomic E-state index is -0.134. The summed E-state index contributed by atoms with van der Waals surface area (Å²) in [6, 6.07) is -0.134. The molecule has 1 unspecified atom stereocenters. The van der Waals surface area contributed by atoms with Crippen molar-refractivity contribution in [3.8, 4) is 0 Å². The summed E-state index contributed by atoms with van der Waals surface area (Å²) in [5, 5.41) is 8.66. The van der Waals surface area contributed by atoms with Gasteiger partial charge in [-0.3, -0.25) is 4.68 Å². The van der Waals surface area contributed by atoms with Gasteiger partial charge in [-0.1, -0.05) is 0 Å². The Balaban J connectivity index is 2.28. The second kappa shape index (κ2) is 6.17. The molecule has 0 radical (unpaired) electrons. The summed E-state index contributed by atoms with van der Waals surface area (Å²) in [5.74, 6) is 0. The van der Waals surface area contributed by atoms with E-state index in [4.69, 9.17) is 5.73 Å². The fraction of sp³-hybridized carbons (Fsp3) is 0.462. The maximum absolute atomic E-state index is 6.42. The first kappa shape index (κ1) is 14.7. The average molecular weight is 343 g/mol. The van der Waals surface area contributed by atoms with E-state index < -0.39 is 0 Å². The number of likely N-dealkylation sites (N-methyl/N-ethyl adjacent to an activating group) is 1. The van der Waals surface area contributed by atoms with Gasteiger partial charge in [0.25, 0.3) is 0 Å². The number of nitrogens with two attached hydrogens (primary N) is 1. The van der Waals surface area contributed by atoms with E-state index in [1.54, 1.807) is 11.3 Å². The number of aryl methyl sites for hydroxylation is 1. The molecule has 6 heteroatoms. The summed E-state index contributed by atoms with van der Waals surface area (Å²) in [6.45, 7) is 3.88. The minimum absolute atomic E-state index is 0.134. The number of rotatable bonds is 5. The Kier molecular flexibility index (Phi) is 4.78. The average Bonchev–Trinajstić information content (AvgIpc) is 2.92. The van der Waals surface area contributed by atoms with Crippen LogP contribution in [0.25, 0.3) is 0 Å². The van der Waals surface area contributed by atoms with Crippen LogP contribution in [-0.4, -0.2) is 35.3 Å². The molecule has 0 saturated heterocycles. The maximum atomic E-state index is 6.42. The van der Waals surface area contributed by atoms with Crippen LogP contribution in [0.2, 0.25) is 0 Å². The van der Waals surface area contributed by atoms with Gasteiger partial charge in [0.15, 0.2) is 0 Å². The van der Waals surface area contributed by atoms with Crippen LogP contribution in [0.3, 0.4) is 0 Å². The standard InChI is InChI=1S/C13H19BrN4S/c1-9-7-19-8-10(9)12(15)13-11(14)6-16-18(13)5-4-17(2)3/h6-8,12H,4-5,15H2,1-3H3. The molecule has 4 nitrogen and oxygen atoms in total. The molecular formula is C13H19BrN4S. The quantitative estimate of drug-likeness (QED) is 0.908. The third-order valence-electron chi connectivity index (χ3n) is 3.12. The van der Waals surface area contributed by atoms with Crippen molar-refractivity contribution < 1.29 is 0 Å². The second-order valence-corrected chi connectivity index (χ2v) is 6.49. The van der Waals surface area contributed by atoms with Gasteiger partial charge in [0.1, 0.15) is 0 Å². The molecule has 2 rings (SSSR count). The topological polar surface area (TPSA) is 47.1 Å². The molecule has 2 N–H and O–H groups in total. The smallest absolute Gasteiger partial charge is 0.0745 e. The zero-order chi connectivity index (χ0) is 14.0. The van der Waals surface area contributed by atoms with Crippen LogP contribution in [0.15, 0.2) is 21.4 Å². The van der Waals surface area contributed by atoms with Gasteiger partial charge in [0.05, 0.1) is 29.0 Å². The molecule has 0 amide bonds. The summed E-state index contributed by atoms with van der Waals surface area (Å²) in [7, 11) is 4.11. The number of aromatic nitrogens is 2. The van der Waals surface area contributed by atoms with Gasteiger partial charge in [-0.25, -0.2) is 0 Å². The first-order valence-corrected chi connectivity index (χ1v) is 7.88. The number of hydrogen-bond donors (Lipinski definition) is 1. The lowest BCUT2D eigenvalue weighted by molar-refractivity contribution is 0.368. The number of nitrogens with zero attached hydrogens (tertiary/aromatic N) is 3. The van der Waals surface area contributed by atoms with Crippen molar-refractivity contribution in [2.75, 3.05) is 20.6 Å². The Morgan fingerprint density at radius 1 is 1.47 bits per heavy atom. The van der Waals surface area contributed by atoms with Crippen LogP contribution in [0.1, 0.15) is 22.9 Å². The molecule has 2 aromatic rings. The van der Waals surface area contributed by atoms with E-state index in [9.17, 15) is 0 Å². The Morgan fingerprint density at radius 3 is 2.79 bits per heavy atom. The molecule has 0 saturated carbocycles. The van der Waals surface area contributed by atoms with Crippen LogP contribution in [0.4, 0.5) is 0 Å². The van der Waals surface area contributed by atoms with E-state index >= 15 is 0 Å². The molecule has 2 heterocycles. The molecule has 19 heavy (non-hydrogen) atoms. The van der Waals surface area contributed by atoms with Crippen LogP contribution in [-0.2, 0) is 6.54 Å². The normalized spacial score (nSPS) is 13.2. The third kappa shape index (κ3) is 3.25. The summed E-state index contributed by atoms with van der Waals surface area (Å²) in [4.78, 5) is 2.14. The number of halogens is 1. The van der Waals surface area contributed by atoms with E-state index in [0.717, 1.165) is 23.3 Å². The lowest BCUT2D eigenvalue weighted by Crippen LogP contribution is -2.23. The van der Waals surface area contributed by atoms with E-state index in [1.165, 1.54) is 11.1 Å². The van der Waals surface area contributed by atoms with Crippen molar-refractivity contribution in [1.29, 1.82) is 0 Å². The molecule has 104 valence electrons. The van der Waals surface area contributed by atoms with Crippen LogP contribution in [0, 0.1) is 6.92 Å². The van der Waals surface area contributed by atoms with E-state index in [0.29, 0.717) is 0 Å².